The molecule has 0 aliphatic carbocycles. The predicted octanol–water partition coefficient (Wildman–Crippen LogP) is 1.23. The van der Waals surface area contributed by atoms with Crippen LogP contribution in [0.4, 0.5) is 0 Å². The van der Waals surface area contributed by atoms with E-state index in [2.05, 4.69) is 15.8 Å². The van der Waals surface area contributed by atoms with Crippen molar-refractivity contribution >= 4 is 34.3 Å². The Bertz CT molecular complexity index is 595. The molecule has 0 aliphatic heterocycles. The summed E-state index contributed by atoms with van der Waals surface area (Å²) in [6.07, 6.45) is 1.61. The fourth-order valence-corrected chi connectivity index (χ4v) is 1.58. The van der Waals surface area contributed by atoms with Crippen LogP contribution in [0.1, 0.15) is 10.4 Å². The van der Waals surface area contributed by atoms with E-state index in [1.807, 2.05) is 12.1 Å². The number of hydrogen-bond donors (Lipinski definition) is 2. The minimum absolute atomic E-state index is 0.214. The van der Waals surface area contributed by atoms with Crippen molar-refractivity contribution in [1.29, 1.82) is 0 Å². The fraction of sp³-hybridized carbons (Fsp3) is 0.0833. The largest absolute Gasteiger partial charge is 0.272 e. The Morgan fingerprint density at radius 1 is 1.17 bits per heavy atom. The number of fused-ring (bicyclic) bond motifs is 1. The number of halogens is 1. The van der Waals surface area contributed by atoms with Crippen molar-refractivity contribution in [2.24, 2.45) is 0 Å². The van der Waals surface area contributed by atoms with Crippen LogP contribution in [-0.4, -0.2) is 22.7 Å². The highest BCUT2D eigenvalue weighted by Crippen LogP contribution is 2.15. The molecular weight excluding hydrogens is 254 g/mol. The van der Waals surface area contributed by atoms with E-state index in [9.17, 15) is 9.59 Å². The zero-order valence-electron chi connectivity index (χ0n) is 9.31. The SMILES string of the molecule is O=C(CCl)NNC(=O)c1cccc2cccnc12. The number of amides is 2. The lowest BCUT2D eigenvalue weighted by Gasteiger charge is -2.07. The first-order chi connectivity index (χ1) is 8.72. The van der Waals surface area contributed by atoms with Crippen LogP contribution in [0, 0.1) is 0 Å². The van der Waals surface area contributed by atoms with Gasteiger partial charge in [0.2, 0.25) is 0 Å². The third-order valence-corrected chi connectivity index (χ3v) is 2.56. The van der Waals surface area contributed by atoms with Crippen LogP contribution in [0.5, 0.6) is 0 Å². The molecule has 0 spiro atoms. The number of para-hydroxylation sites is 1. The highest BCUT2D eigenvalue weighted by Gasteiger charge is 2.11. The van der Waals surface area contributed by atoms with Crippen LogP contribution in [0.25, 0.3) is 10.9 Å². The monoisotopic (exact) mass is 263 g/mol. The fourth-order valence-electron chi connectivity index (χ4n) is 1.51. The number of pyridine rings is 1. The molecule has 0 aliphatic rings. The maximum absolute atomic E-state index is 11.9. The number of alkyl halides is 1. The van der Waals surface area contributed by atoms with Crippen molar-refractivity contribution in [2.75, 3.05) is 5.88 Å². The van der Waals surface area contributed by atoms with Crippen LogP contribution < -0.4 is 10.9 Å². The minimum Gasteiger partial charge on any atom is -0.272 e. The summed E-state index contributed by atoms with van der Waals surface area (Å²) in [7, 11) is 0. The Labute approximate surface area is 108 Å². The summed E-state index contributed by atoms with van der Waals surface area (Å²) in [6.45, 7) is 0. The van der Waals surface area contributed by atoms with Gasteiger partial charge in [0.1, 0.15) is 5.88 Å². The first-order valence-corrected chi connectivity index (χ1v) is 5.74. The van der Waals surface area contributed by atoms with Gasteiger partial charge in [0.25, 0.3) is 11.8 Å². The molecular formula is C12H10ClN3O2. The average Bonchev–Trinajstić information content (AvgIpc) is 2.43. The lowest BCUT2D eigenvalue weighted by atomic mass is 10.1. The minimum atomic E-state index is -0.474. The van der Waals surface area contributed by atoms with Crippen LogP contribution in [0.15, 0.2) is 36.5 Å². The second-order valence-corrected chi connectivity index (χ2v) is 3.78. The van der Waals surface area contributed by atoms with Gasteiger partial charge in [-0.3, -0.25) is 25.4 Å². The Morgan fingerprint density at radius 2 is 1.94 bits per heavy atom. The van der Waals surface area contributed by atoms with Gasteiger partial charge in [-0.2, -0.15) is 0 Å². The van der Waals surface area contributed by atoms with E-state index in [4.69, 9.17) is 11.6 Å². The maximum atomic E-state index is 11.9. The molecule has 2 aromatic rings. The summed E-state index contributed by atoms with van der Waals surface area (Å²) in [4.78, 5) is 27.0. The second kappa shape index (κ2) is 5.46. The summed E-state index contributed by atoms with van der Waals surface area (Å²) in [6, 6.07) is 8.89. The third kappa shape index (κ3) is 2.57. The van der Waals surface area contributed by atoms with E-state index in [1.54, 1.807) is 24.4 Å². The average molecular weight is 264 g/mol. The first-order valence-electron chi connectivity index (χ1n) is 5.21. The van der Waals surface area contributed by atoms with Crippen molar-refractivity contribution in [3.63, 3.8) is 0 Å². The van der Waals surface area contributed by atoms with Crippen LogP contribution in [0.3, 0.4) is 0 Å². The Balaban J connectivity index is 2.25. The van der Waals surface area contributed by atoms with Crippen molar-refractivity contribution in [1.82, 2.24) is 15.8 Å². The van der Waals surface area contributed by atoms with Gasteiger partial charge in [0.05, 0.1) is 11.1 Å². The molecule has 1 aromatic heterocycles. The first kappa shape index (κ1) is 12.3. The van der Waals surface area contributed by atoms with Crippen LogP contribution in [-0.2, 0) is 4.79 Å². The highest BCUT2D eigenvalue weighted by molar-refractivity contribution is 6.27. The van der Waals surface area contributed by atoms with E-state index in [0.717, 1.165) is 5.39 Å². The molecule has 0 fully saturated rings. The van der Waals surface area contributed by atoms with Crippen molar-refractivity contribution < 1.29 is 9.59 Å². The molecule has 0 bridgehead atoms. The number of hydrogen-bond acceptors (Lipinski definition) is 3. The van der Waals surface area contributed by atoms with E-state index in [0.29, 0.717) is 11.1 Å². The third-order valence-electron chi connectivity index (χ3n) is 2.31. The molecule has 18 heavy (non-hydrogen) atoms. The molecule has 5 nitrogen and oxygen atoms in total. The predicted molar refractivity (Wildman–Crippen MR) is 68.1 cm³/mol. The Morgan fingerprint density at radius 3 is 2.72 bits per heavy atom. The molecule has 2 amide bonds. The van der Waals surface area contributed by atoms with Crippen LogP contribution >= 0.6 is 11.6 Å². The van der Waals surface area contributed by atoms with E-state index in [-0.39, 0.29) is 5.88 Å². The Hall–Kier alpha value is -2.14. The number of rotatable bonds is 2. The number of aromatic nitrogens is 1. The molecule has 2 N–H and O–H groups in total. The topological polar surface area (TPSA) is 71.1 Å². The van der Waals surface area contributed by atoms with Gasteiger partial charge < -0.3 is 0 Å². The molecule has 6 heteroatoms. The number of carbonyl (C=O) groups excluding carboxylic acids is 2. The number of carbonyl (C=O) groups is 2. The number of hydrazine groups is 1. The summed E-state index contributed by atoms with van der Waals surface area (Å²) in [5, 5.41) is 0.855. The molecule has 0 radical (unpaired) electrons. The van der Waals surface area contributed by atoms with E-state index in [1.165, 1.54) is 0 Å². The van der Waals surface area contributed by atoms with Gasteiger partial charge in [-0.1, -0.05) is 18.2 Å². The van der Waals surface area contributed by atoms with Gasteiger partial charge in [0.15, 0.2) is 0 Å². The number of nitrogens with zero attached hydrogens (tertiary/aromatic N) is 1. The number of nitrogens with one attached hydrogen (secondary N) is 2. The van der Waals surface area contributed by atoms with Gasteiger partial charge in [-0.15, -0.1) is 11.6 Å². The van der Waals surface area contributed by atoms with Gasteiger partial charge >= 0.3 is 0 Å². The van der Waals surface area contributed by atoms with E-state index >= 15 is 0 Å². The van der Waals surface area contributed by atoms with Gasteiger partial charge in [0, 0.05) is 11.6 Å². The van der Waals surface area contributed by atoms with E-state index < -0.39 is 11.8 Å². The number of benzene rings is 1. The lowest BCUT2D eigenvalue weighted by molar-refractivity contribution is -0.119. The molecule has 0 atom stereocenters. The molecule has 0 saturated carbocycles. The quantitative estimate of drug-likeness (QED) is 0.632. The Kier molecular flexibility index (Phi) is 3.74. The van der Waals surface area contributed by atoms with Crippen LogP contribution in [0.2, 0.25) is 0 Å². The molecule has 0 saturated heterocycles. The smallest absolute Gasteiger partial charge is 0.271 e. The molecule has 92 valence electrons. The van der Waals surface area contributed by atoms with Crippen molar-refractivity contribution in [3.05, 3.63) is 42.1 Å². The maximum Gasteiger partial charge on any atom is 0.271 e. The highest BCUT2D eigenvalue weighted by atomic mass is 35.5. The van der Waals surface area contributed by atoms with Gasteiger partial charge in [-0.05, 0) is 12.1 Å². The zero-order chi connectivity index (χ0) is 13.0. The van der Waals surface area contributed by atoms with Crippen molar-refractivity contribution in [3.8, 4) is 0 Å². The summed E-state index contributed by atoms with van der Waals surface area (Å²) < 4.78 is 0. The van der Waals surface area contributed by atoms with Crippen molar-refractivity contribution in [2.45, 2.75) is 0 Å². The normalized spacial score (nSPS) is 10.1. The summed E-state index contributed by atoms with van der Waals surface area (Å²) in [5.41, 5.74) is 5.45. The molecule has 1 aromatic carbocycles. The molecule has 0 unspecified atom stereocenters. The summed E-state index contributed by atoms with van der Waals surface area (Å²) >= 11 is 5.30. The van der Waals surface area contributed by atoms with Gasteiger partial charge in [-0.25, -0.2) is 0 Å². The molecule has 1 heterocycles. The standard InChI is InChI=1S/C12H10ClN3O2/c13-7-10(17)15-16-12(18)9-5-1-3-8-4-2-6-14-11(8)9/h1-6H,7H2,(H,15,17)(H,16,18). The molecule has 2 rings (SSSR count). The lowest BCUT2D eigenvalue weighted by Crippen LogP contribution is -2.42. The summed E-state index contributed by atoms with van der Waals surface area (Å²) in [5.74, 6) is -1.12. The zero-order valence-corrected chi connectivity index (χ0v) is 10.1. The second-order valence-electron chi connectivity index (χ2n) is 3.52.